The number of aromatic carboxylic acids is 1. The molecule has 8 nitrogen and oxygen atoms in total. The molecule has 1 aliphatic rings. The van der Waals surface area contributed by atoms with Gasteiger partial charge in [0.15, 0.2) is 5.69 Å². The molecule has 0 aromatic carbocycles. The fourth-order valence-electron chi connectivity index (χ4n) is 2.48. The number of hydrogen-bond donors (Lipinski definition) is 3. The molecule has 1 amide bonds. The summed E-state index contributed by atoms with van der Waals surface area (Å²) >= 11 is 0. The molecule has 0 bridgehead atoms. The molecule has 20 heavy (non-hydrogen) atoms. The standard InChI is InChI=1S/C12H19N5O3/c1-8(18)14-6-7-17-11(9-2-4-13-5-3-9)10(12(19)20)15-16-17/h9,13H,2-7H2,1H3,(H,14,18)(H,19,20). The van der Waals surface area contributed by atoms with Crippen LogP contribution >= 0.6 is 0 Å². The quantitative estimate of drug-likeness (QED) is 0.676. The van der Waals surface area contributed by atoms with Crippen LogP contribution in [0.15, 0.2) is 0 Å². The van der Waals surface area contributed by atoms with Gasteiger partial charge in [-0.25, -0.2) is 9.48 Å². The first-order chi connectivity index (χ1) is 9.59. The van der Waals surface area contributed by atoms with E-state index in [0.29, 0.717) is 18.8 Å². The second kappa shape index (κ2) is 6.47. The van der Waals surface area contributed by atoms with Crippen LogP contribution in [0.4, 0.5) is 0 Å². The van der Waals surface area contributed by atoms with E-state index in [1.165, 1.54) is 6.92 Å². The largest absolute Gasteiger partial charge is 0.476 e. The predicted molar refractivity (Wildman–Crippen MR) is 70.5 cm³/mol. The number of carbonyl (C=O) groups excluding carboxylic acids is 1. The van der Waals surface area contributed by atoms with Crippen LogP contribution < -0.4 is 10.6 Å². The maximum Gasteiger partial charge on any atom is 0.358 e. The van der Waals surface area contributed by atoms with Crippen LogP contribution in [0.3, 0.4) is 0 Å². The molecule has 2 heterocycles. The van der Waals surface area contributed by atoms with Crippen molar-refractivity contribution < 1.29 is 14.7 Å². The Hall–Kier alpha value is -1.96. The molecular weight excluding hydrogens is 262 g/mol. The lowest BCUT2D eigenvalue weighted by Crippen LogP contribution is -2.30. The van der Waals surface area contributed by atoms with Gasteiger partial charge in [0.1, 0.15) is 0 Å². The van der Waals surface area contributed by atoms with Gasteiger partial charge in [0.05, 0.1) is 12.2 Å². The lowest BCUT2D eigenvalue weighted by Gasteiger charge is -2.23. The molecular formula is C12H19N5O3. The number of hydrogen-bond acceptors (Lipinski definition) is 5. The zero-order valence-electron chi connectivity index (χ0n) is 11.4. The molecule has 1 aromatic heterocycles. The number of carboxylic acids is 1. The molecule has 0 unspecified atom stereocenters. The van der Waals surface area contributed by atoms with E-state index in [1.54, 1.807) is 4.68 Å². The summed E-state index contributed by atoms with van der Waals surface area (Å²) in [5.41, 5.74) is 0.698. The van der Waals surface area contributed by atoms with Gasteiger partial charge >= 0.3 is 5.97 Å². The Morgan fingerprint density at radius 3 is 2.75 bits per heavy atom. The van der Waals surface area contributed by atoms with E-state index in [1.807, 2.05) is 0 Å². The average Bonchev–Trinajstić information content (AvgIpc) is 2.83. The Balaban J connectivity index is 2.17. The third kappa shape index (κ3) is 3.32. The van der Waals surface area contributed by atoms with Gasteiger partial charge in [0.25, 0.3) is 0 Å². The van der Waals surface area contributed by atoms with E-state index in [4.69, 9.17) is 0 Å². The molecule has 2 rings (SSSR count). The van der Waals surface area contributed by atoms with Crippen molar-refractivity contribution in [3.8, 4) is 0 Å². The molecule has 3 N–H and O–H groups in total. The third-order valence-electron chi connectivity index (χ3n) is 3.40. The number of aromatic nitrogens is 3. The highest BCUT2D eigenvalue weighted by atomic mass is 16.4. The van der Waals surface area contributed by atoms with Gasteiger partial charge in [-0.05, 0) is 25.9 Å². The van der Waals surface area contributed by atoms with Crippen molar-refractivity contribution >= 4 is 11.9 Å². The normalized spacial score (nSPS) is 16.1. The Morgan fingerprint density at radius 2 is 2.15 bits per heavy atom. The lowest BCUT2D eigenvalue weighted by atomic mass is 9.93. The van der Waals surface area contributed by atoms with Crippen LogP contribution in [-0.2, 0) is 11.3 Å². The van der Waals surface area contributed by atoms with Crippen molar-refractivity contribution in [2.24, 2.45) is 0 Å². The van der Waals surface area contributed by atoms with E-state index in [0.717, 1.165) is 25.9 Å². The fraction of sp³-hybridized carbons (Fsp3) is 0.667. The maximum absolute atomic E-state index is 11.3. The first-order valence-corrected chi connectivity index (χ1v) is 6.71. The molecule has 1 aromatic rings. The summed E-state index contributed by atoms with van der Waals surface area (Å²) < 4.78 is 1.61. The van der Waals surface area contributed by atoms with E-state index >= 15 is 0 Å². The summed E-state index contributed by atoms with van der Waals surface area (Å²) in [6.45, 7) is 4.01. The van der Waals surface area contributed by atoms with Gasteiger partial charge < -0.3 is 15.7 Å². The zero-order valence-corrected chi connectivity index (χ0v) is 11.4. The van der Waals surface area contributed by atoms with E-state index in [9.17, 15) is 14.7 Å². The Bertz CT molecular complexity index is 493. The first-order valence-electron chi connectivity index (χ1n) is 6.71. The predicted octanol–water partition coefficient (Wildman–Crippen LogP) is -0.421. The first kappa shape index (κ1) is 14.4. The second-order valence-electron chi connectivity index (χ2n) is 4.86. The van der Waals surface area contributed by atoms with Gasteiger partial charge in [-0.15, -0.1) is 5.10 Å². The van der Waals surface area contributed by atoms with Crippen molar-refractivity contribution in [2.75, 3.05) is 19.6 Å². The van der Waals surface area contributed by atoms with Gasteiger partial charge in [-0.3, -0.25) is 4.79 Å². The van der Waals surface area contributed by atoms with E-state index in [-0.39, 0.29) is 17.5 Å². The number of carboxylic acid groups (broad SMARTS) is 1. The van der Waals surface area contributed by atoms with Crippen LogP contribution in [0.5, 0.6) is 0 Å². The average molecular weight is 281 g/mol. The summed E-state index contributed by atoms with van der Waals surface area (Å²) in [7, 11) is 0. The number of nitrogens with one attached hydrogen (secondary N) is 2. The summed E-state index contributed by atoms with van der Waals surface area (Å²) in [6.07, 6.45) is 1.74. The minimum atomic E-state index is -1.05. The van der Waals surface area contributed by atoms with Crippen molar-refractivity contribution in [1.29, 1.82) is 0 Å². The Kier molecular flexibility index (Phi) is 4.67. The molecule has 1 saturated heterocycles. The smallest absolute Gasteiger partial charge is 0.358 e. The number of piperidine rings is 1. The van der Waals surface area contributed by atoms with Gasteiger partial charge in [0, 0.05) is 19.4 Å². The number of rotatable bonds is 5. The molecule has 0 atom stereocenters. The van der Waals surface area contributed by atoms with Crippen molar-refractivity contribution in [3.05, 3.63) is 11.4 Å². The molecule has 0 spiro atoms. The minimum absolute atomic E-state index is 0.0275. The van der Waals surface area contributed by atoms with Crippen molar-refractivity contribution in [1.82, 2.24) is 25.6 Å². The van der Waals surface area contributed by atoms with Gasteiger partial charge in [0.2, 0.25) is 5.91 Å². The summed E-state index contributed by atoms with van der Waals surface area (Å²) in [4.78, 5) is 22.1. The monoisotopic (exact) mass is 281 g/mol. The number of amides is 1. The molecule has 0 aliphatic carbocycles. The minimum Gasteiger partial charge on any atom is -0.476 e. The van der Waals surface area contributed by atoms with Crippen LogP contribution in [0.2, 0.25) is 0 Å². The topological polar surface area (TPSA) is 109 Å². The van der Waals surface area contributed by atoms with Crippen molar-refractivity contribution in [2.45, 2.75) is 32.2 Å². The number of carbonyl (C=O) groups is 2. The van der Waals surface area contributed by atoms with Crippen molar-refractivity contribution in [3.63, 3.8) is 0 Å². The van der Waals surface area contributed by atoms with Gasteiger partial charge in [-0.1, -0.05) is 5.21 Å². The molecule has 1 aliphatic heterocycles. The van der Waals surface area contributed by atoms with Crippen LogP contribution in [-0.4, -0.2) is 51.6 Å². The SMILES string of the molecule is CC(=O)NCCn1nnc(C(=O)O)c1C1CCNCC1. The molecule has 8 heteroatoms. The molecule has 0 saturated carbocycles. The molecule has 1 fully saturated rings. The Labute approximate surface area is 116 Å². The van der Waals surface area contributed by atoms with Crippen LogP contribution in [0.1, 0.15) is 41.9 Å². The molecule has 110 valence electrons. The van der Waals surface area contributed by atoms with E-state index in [2.05, 4.69) is 20.9 Å². The van der Waals surface area contributed by atoms with Crippen LogP contribution in [0, 0.1) is 0 Å². The summed E-state index contributed by atoms with van der Waals surface area (Å²) in [6, 6.07) is 0. The van der Waals surface area contributed by atoms with E-state index < -0.39 is 5.97 Å². The second-order valence-corrected chi connectivity index (χ2v) is 4.86. The Morgan fingerprint density at radius 1 is 1.45 bits per heavy atom. The summed E-state index contributed by atoms with van der Waals surface area (Å²) in [5, 5.41) is 22.8. The lowest BCUT2D eigenvalue weighted by molar-refractivity contribution is -0.119. The highest BCUT2D eigenvalue weighted by Crippen LogP contribution is 2.27. The summed E-state index contributed by atoms with van der Waals surface area (Å²) in [5.74, 6) is -1.02. The maximum atomic E-state index is 11.3. The van der Waals surface area contributed by atoms with Crippen LogP contribution in [0.25, 0.3) is 0 Å². The fourth-order valence-corrected chi connectivity index (χ4v) is 2.48. The van der Waals surface area contributed by atoms with Gasteiger partial charge in [-0.2, -0.15) is 0 Å². The third-order valence-corrected chi connectivity index (χ3v) is 3.40. The number of nitrogens with zero attached hydrogens (tertiary/aromatic N) is 3. The highest BCUT2D eigenvalue weighted by molar-refractivity contribution is 5.86. The highest BCUT2D eigenvalue weighted by Gasteiger charge is 2.27. The zero-order chi connectivity index (χ0) is 14.5. The molecule has 0 radical (unpaired) electrons.